The van der Waals surface area contributed by atoms with Crippen LogP contribution in [0.4, 0.5) is 0 Å². The first-order valence-corrected chi connectivity index (χ1v) is 15.9. The van der Waals surface area contributed by atoms with Crippen LogP contribution in [0.5, 0.6) is 0 Å². The molecule has 0 spiro atoms. The highest BCUT2D eigenvalue weighted by molar-refractivity contribution is 7.47. The molecular formula is C28H51NO6P+. The van der Waals surface area contributed by atoms with Gasteiger partial charge < -0.3 is 14.4 Å². The molecule has 1 aromatic rings. The Morgan fingerprint density at radius 3 is 1.97 bits per heavy atom. The fraction of sp³-hybridized carbons (Fsp3) is 0.821. The Balaban J connectivity index is 1.36. The Morgan fingerprint density at radius 1 is 0.833 bits per heavy atom. The van der Waals surface area contributed by atoms with Crippen molar-refractivity contribution in [1.29, 1.82) is 0 Å². The SMILES string of the molecule is CCCCCCCCCCCCCCCCC[C@@H]1OC[C@@H](COP(=O)(O)OCC[n+]2ccccc2)O1. The second-order valence-electron chi connectivity index (χ2n) is 9.97. The lowest BCUT2D eigenvalue weighted by Gasteiger charge is -2.14. The van der Waals surface area contributed by atoms with Crippen molar-refractivity contribution >= 4 is 7.82 Å². The van der Waals surface area contributed by atoms with Crippen LogP contribution in [0.1, 0.15) is 110 Å². The van der Waals surface area contributed by atoms with Crippen molar-refractivity contribution < 1.29 is 32.5 Å². The summed E-state index contributed by atoms with van der Waals surface area (Å²) in [7, 11) is -4.10. The third kappa shape index (κ3) is 16.1. The standard InChI is InChI=1S/C28H50NO6P/c1-2-3-4-5-6-7-8-9-10-11-12-13-14-15-17-20-28-32-25-27(35-28)26-34-36(30,31)33-24-23-29-21-18-16-19-22-29/h16,18-19,21-22,27-28H,2-15,17,20,23-26H2,1H3/p+1/t27-,28+/m0/s1. The van der Waals surface area contributed by atoms with E-state index in [2.05, 4.69) is 6.92 Å². The molecule has 0 saturated carbocycles. The van der Waals surface area contributed by atoms with Crippen LogP contribution in [0.15, 0.2) is 30.6 Å². The van der Waals surface area contributed by atoms with Gasteiger partial charge in [0.05, 0.1) is 13.2 Å². The molecule has 7 nitrogen and oxygen atoms in total. The zero-order valence-electron chi connectivity index (χ0n) is 22.6. The van der Waals surface area contributed by atoms with Crippen molar-refractivity contribution in [1.82, 2.24) is 0 Å². The molecule has 36 heavy (non-hydrogen) atoms. The minimum absolute atomic E-state index is 0.0123. The summed E-state index contributed by atoms with van der Waals surface area (Å²) in [5, 5.41) is 0. The summed E-state index contributed by atoms with van der Waals surface area (Å²) in [6, 6.07) is 5.69. The van der Waals surface area contributed by atoms with Gasteiger partial charge in [-0.25, -0.2) is 9.13 Å². The maximum absolute atomic E-state index is 12.1. The number of phosphoric acid groups is 1. The predicted octanol–water partition coefficient (Wildman–Crippen LogP) is 7.11. The van der Waals surface area contributed by atoms with Crippen LogP contribution in [0.2, 0.25) is 0 Å². The quantitative estimate of drug-likeness (QED) is 0.0926. The van der Waals surface area contributed by atoms with Gasteiger partial charge in [-0.05, 0) is 12.8 Å². The van der Waals surface area contributed by atoms with Gasteiger partial charge in [-0.1, -0.05) is 103 Å². The first kappa shape index (κ1) is 31.4. The van der Waals surface area contributed by atoms with E-state index >= 15 is 0 Å². The number of unbranched alkanes of at least 4 members (excludes halogenated alkanes) is 14. The van der Waals surface area contributed by atoms with Crippen molar-refractivity contribution in [2.45, 2.75) is 129 Å². The number of ether oxygens (including phenoxy) is 2. The molecule has 0 amide bonds. The van der Waals surface area contributed by atoms with E-state index in [1.54, 1.807) is 0 Å². The summed E-state index contributed by atoms with van der Waals surface area (Å²) >= 11 is 0. The fourth-order valence-electron chi connectivity index (χ4n) is 4.49. The fourth-order valence-corrected chi connectivity index (χ4v) is 5.23. The molecule has 0 aliphatic carbocycles. The predicted molar refractivity (Wildman–Crippen MR) is 143 cm³/mol. The summed E-state index contributed by atoms with van der Waals surface area (Å²) in [4.78, 5) is 9.88. The van der Waals surface area contributed by atoms with Crippen LogP contribution in [0.25, 0.3) is 0 Å². The Bertz CT molecular complexity index is 692. The van der Waals surface area contributed by atoms with E-state index < -0.39 is 7.82 Å². The van der Waals surface area contributed by atoms with Crippen molar-refractivity contribution in [3.8, 4) is 0 Å². The van der Waals surface area contributed by atoms with E-state index in [0.29, 0.717) is 13.2 Å². The molecular weight excluding hydrogens is 477 g/mol. The molecule has 0 radical (unpaired) electrons. The highest BCUT2D eigenvalue weighted by Crippen LogP contribution is 2.43. The molecule has 0 aromatic carbocycles. The summed E-state index contributed by atoms with van der Waals surface area (Å²) in [5.41, 5.74) is 0. The van der Waals surface area contributed by atoms with Gasteiger partial charge in [-0.15, -0.1) is 0 Å². The first-order chi connectivity index (χ1) is 17.6. The number of nitrogens with zero attached hydrogens (tertiary/aromatic N) is 1. The Labute approximate surface area is 219 Å². The number of hydrogen-bond acceptors (Lipinski definition) is 5. The van der Waals surface area contributed by atoms with E-state index in [9.17, 15) is 9.46 Å². The minimum atomic E-state index is -4.10. The van der Waals surface area contributed by atoms with Gasteiger partial charge in [0, 0.05) is 12.1 Å². The zero-order chi connectivity index (χ0) is 25.7. The third-order valence-corrected chi connectivity index (χ3v) is 7.64. The molecule has 1 fully saturated rings. The molecule has 1 aromatic heterocycles. The molecule has 1 aliphatic rings. The van der Waals surface area contributed by atoms with Crippen LogP contribution >= 0.6 is 7.82 Å². The largest absolute Gasteiger partial charge is 0.472 e. The second-order valence-corrected chi connectivity index (χ2v) is 11.4. The molecule has 1 N–H and O–H groups in total. The van der Waals surface area contributed by atoms with Crippen LogP contribution < -0.4 is 4.57 Å². The van der Waals surface area contributed by atoms with Crippen LogP contribution in [-0.2, 0) is 29.6 Å². The average molecular weight is 529 g/mol. The number of rotatable bonds is 23. The van der Waals surface area contributed by atoms with Gasteiger partial charge in [0.15, 0.2) is 25.2 Å². The zero-order valence-corrected chi connectivity index (χ0v) is 23.5. The lowest BCUT2D eigenvalue weighted by Crippen LogP contribution is -2.34. The molecule has 2 rings (SSSR count). The van der Waals surface area contributed by atoms with Crippen LogP contribution in [0.3, 0.4) is 0 Å². The monoisotopic (exact) mass is 528 g/mol. The van der Waals surface area contributed by atoms with E-state index in [4.69, 9.17) is 18.5 Å². The number of pyridine rings is 1. The van der Waals surface area contributed by atoms with Crippen LogP contribution in [-0.4, -0.2) is 37.1 Å². The molecule has 0 bridgehead atoms. The van der Waals surface area contributed by atoms with Gasteiger partial charge >= 0.3 is 7.82 Å². The van der Waals surface area contributed by atoms with Crippen molar-refractivity contribution in [3.63, 3.8) is 0 Å². The van der Waals surface area contributed by atoms with Crippen LogP contribution in [0, 0.1) is 0 Å². The normalized spacial score (nSPS) is 19.5. The summed E-state index contributed by atoms with van der Waals surface area (Å²) in [5.74, 6) is 0. The third-order valence-electron chi connectivity index (χ3n) is 6.66. The number of hydrogen-bond donors (Lipinski definition) is 1. The van der Waals surface area contributed by atoms with Gasteiger partial charge in [0.1, 0.15) is 12.7 Å². The molecule has 3 atom stereocenters. The van der Waals surface area contributed by atoms with Gasteiger partial charge in [-0.2, -0.15) is 0 Å². The first-order valence-electron chi connectivity index (χ1n) is 14.4. The lowest BCUT2D eigenvalue weighted by molar-refractivity contribution is -0.697. The average Bonchev–Trinajstić information content (AvgIpc) is 3.34. The van der Waals surface area contributed by atoms with Crippen molar-refractivity contribution in [3.05, 3.63) is 30.6 Å². The highest BCUT2D eigenvalue weighted by atomic mass is 31.2. The van der Waals surface area contributed by atoms with E-state index in [0.717, 1.165) is 12.8 Å². The topological polar surface area (TPSA) is 78.1 Å². The Hall–Kier alpha value is -0.820. The minimum Gasteiger partial charge on any atom is -0.350 e. The van der Waals surface area contributed by atoms with Gasteiger partial charge in [0.25, 0.3) is 0 Å². The maximum Gasteiger partial charge on any atom is 0.472 e. The Morgan fingerprint density at radius 2 is 1.39 bits per heavy atom. The molecule has 8 heteroatoms. The molecule has 2 heterocycles. The Kier molecular flexibility index (Phi) is 17.6. The summed E-state index contributed by atoms with van der Waals surface area (Å²) in [6.45, 7) is 3.20. The highest BCUT2D eigenvalue weighted by Gasteiger charge is 2.30. The van der Waals surface area contributed by atoms with E-state index in [-0.39, 0.29) is 25.6 Å². The number of phosphoric ester groups is 1. The van der Waals surface area contributed by atoms with Gasteiger partial charge in [-0.3, -0.25) is 9.05 Å². The maximum atomic E-state index is 12.1. The van der Waals surface area contributed by atoms with Crippen molar-refractivity contribution in [2.24, 2.45) is 0 Å². The van der Waals surface area contributed by atoms with E-state index in [1.807, 2.05) is 35.2 Å². The smallest absolute Gasteiger partial charge is 0.350 e. The molecule has 1 aliphatic heterocycles. The molecule has 1 saturated heterocycles. The molecule has 1 unspecified atom stereocenters. The van der Waals surface area contributed by atoms with E-state index in [1.165, 1.54) is 89.9 Å². The molecule has 208 valence electrons. The second kappa shape index (κ2) is 20.2. The number of aromatic nitrogens is 1. The lowest BCUT2D eigenvalue weighted by atomic mass is 10.0. The van der Waals surface area contributed by atoms with Gasteiger partial charge in [0.2, 0.25) is 0 Å². The summed E-state index contributed by atoms with van der Waals surface area (Å²) in [6.07, 6.45) is 24.2. The summed E-state index contributed by atoms with van der Waals surface area (Å²) < 4.78 is 35.6. The van der Waals surface area contributed by atoms with Crippen molar-refractivity contribution in [2.75, 3.05) is 19.8 Å².